The van der Waals surface area contributed by atoms with Gasteiger partial charge in [0.25, 0.3) is 5.91 Å². The minimum Gasteiger partial charge on any atom is -0.494 e. The largest absolute Gasteiger partial charge is 0.494 e. The molecule has 210 valence electrons. The summed E-state index contributed by atoms with van der Waals surface area (Å²) in [6, 6.07) is 19.0. The van der Waals surface area contributed by atoms with Crippen LogP contribution in [0.4, 0.5) is 11.4 Å². The van der Waals surface area contributed by atoms with Crippen LogP contribution in [0.2, 0.25) is 5.02 Å². The lowest BCUT2D eigenvalue weighted by molar-refractivity contribution is -0.122. The molecule has 0 aromatic heterocycles. The molecule has 3 aromatic rings. The molecule has 2 amide bonds. The van der Waals surface area contributed by atoms with Gasteiger partial charge in [0.15, 0.2) is 16.6 Å². The van der Waals surface area contributed by atoms with Crippen molar-refractivity contribution in [3.63, 3.8) is 0 Å². The normalized spacial score (nSPS) is 14.7. The summed E-state index contributed by atoms with van der Waals surface area (Å²) in [6.07, 6.45) is 1.43. The summed E-state index contributed by atoms with van der Waals surface area (Å²) in [7, 11) is 3.17. The van der Waals surface area contributed by atoms with E-state index in [4.69, 9.17) is 38.0 Å². The number of nitrogens with one attached hydrogen (secondary N) is 1. The van der Waals surface area contributed by atoms with Crippen molar-refractivity contribution in [1.29, 1.82) is 0 Å². The first kappa shape index (κ1) is 29.2. The molecule has 4 rings (SSSR count). The van der Waals surface area contributed by atoms with E-state index in [0.717, 1.165) is 17.7 Å². The van der Waals surface area contributed by atoms with Gasteiger partial charge in [0.05, 0.1) is 32.9 Å². The number of thiocarbonyl (C=S) groups is 1. The maximum absolute atomic E-state index is 13.7. The van der Waals surface area contributed by atoms with Crippen LogP contribution in [0, 0.1) is 0 Å². The van der Waals surface area contributed by atoms with Gasteiger partial charge in [0, 0.05) is 17.3 Å². The Morgan fingerprint density at radius 1 is 1.02 bits per heavy atom. The van der Waals surface area contributed by atoms with Crippen molar-refractivity contribution in [3.8, 4) is 17.2 Å². The number of rotatable bonds is 11. The number of carbonyl (C=O) groups is 2. The second kappa shape index (κ2) is 13.5. The SMILES string of the molecule is CCCOc1ccc(N2C(=O)CC(N(CCc3ccc(OC)c(OC)c3)C(=S)Nc3ccc(Cl)cc3)C2=O)cc1. The Morgan fingerprint density at radius 2 is 1.73 bits per heavy atom. The van der Waals surface area contributed by atoms with Crippen molar-refractivity contribution in [3.05, 3.63) is 77.3 Å². The van der Waals surface area contributed by atoms with E-state index < -0.39 is 6.04 Å². The second-order valence-electron chi connectivity index (χ2n) is 9.20. The predicted molar refractivity (Wildman–Crippen MR) is 161 cm³/mol. The number of amides is 2. The Bertz CT molecular complexity index is 1350. The molecule has 10 heteroatoms. The van der Waals surface area contributed by atoms with E-state index in [1.54, 1.807) is 67.7 Å². The molecule has 1 saturated heterocycles. The van der Waals surface area contributed by atoms with Crippen LogP contribution in [0.15, 0.2) is 66.7 Å². The Morgan fingerprint density at radius 3 is 2.38 bits per heavy atom. The average Bonchev–Trinajstić information content (AvgIpc) is 3.26. The van der Waals surface area contributed by atoms with Crippen LogP contribution in [0.1, 0.15) is 25.3 Å². The summed E-state index contributed by atoms with van der Waals surface area (Å²) in [5.41, 5.74) is 2.19. The van der Waals surface area contributed by atoms with E-state index in [-0.39, 0.29) is 18.2 Å². The summed E-state index contributed by atoms with van der Waals surface area (Å²) in [4.78, 5) is 29.8. The number of ether oxygens (including phenoxy) is 3. The predicted octanol–water partition coefficient (Wildman–Crippen LogP) is 5.72. The highest BCUT2D eigenvalue weighted by Crippen LogP contribution is 2.30. The third kappa shape index (κ3) is 6.84. The molecule has 1 unspecified atom stereocenters. The summed E-state index contributed by atoms with van der Waals surface area (Å²) in [5.74, 6) is 1.30. The number of methoxy groups -OCH3 is 2. The van der Waals surface area contributed by atoms with Crippen LogP contribution < -0.4 is 24.4 Å². The maximum atomic E-state index is 13.7. The van der Waals surface area contributed by atoms with Gasteiger partial charge in [-0.25, -0.2) is 4.90 Å². The lowest BCUT2D eigenvalue weighted by Crippen LogP contribution is -2.48. The van der Waals surface area contributed by atoms with E-state index in [0.29, 0.717) is 52.6 Å². The highest BCUT2D eigenvalue weighted by Gasteiger charge is 2.43. The smallest absolute Gasteiger partial charge is 0.257 e. The first-order chi connectivity index (χ1) is 19.3. The quantitative estimate of drug-likeness (QED) is 0.227. The van der Waals surface area contributed by atoms with Crippen LogP contribution in [0.5, 0.6) is 17.2 Å². The fraction of sp³-hybridized carbons (Fsp3) is 0.300. The van der Waals surface area contributed by atoms with E-state index >= 15 is 0 Å². The zero-order chi connectivity index (χ0) is 28.6. The van der Waals surface area contributed by atoms with Crippen molar-refractivity contribution >= 4 is 52.1 Å². The number of hydrogen-bond donors (Lipinski definition) is 1. The molecule has 0 bridgehead atoms. The lowest BCUT2D eigenvalue weighted by Gasteiger charge is -2.30. The minimum atomic E-state index is -0.768. The summed E-state index contributed by atoms with van der Waals surface area (Å²) in [6.45, 7) is 3.01. The van der Waals surface area contributed by atoms with Gasteiger partial charge in [-0.2, -0.15) is 0 Å². The molecule has 1 heterocycles. The Kier molecular flexibility index (Phi) is 9.84. The molecule has 0 saturated carbocycles. The van der Waals surface area contributed by atoms with Crippen LogP contribution in [0.3, 0.4) is 0 Å². The van der Waals surface area contributed by atoms with Crippen molar-refractivity contribution in [2.75, 3.05) is 37.6 Å². The van der Waals surface area contributed by atoms with Crippen LogP contribution >= 0.6 is 23.8 Å². The number of benzene rings is 3. The zero-order valence-electron chi connectivity index (χ0n) is 22.7. The van der Waals surface area contributed by atoms with Gasteiger partial charge in [0.2, 0.25) is 5.91 Å². The summed E-state index contributed by atoms with van der Waals surface area (Å²) >= 11 is 11.8. The lowest BCUT2D eigenvalue weighted by atomic mass is 10.1. The van der Waals surface area contributed by atoms with E-state index in [1.807, 2.05) is 25.1 Å². The molecule has 1 N–H and O–H groups in total. The van der Waals surface area contributed by atoms with E-state index in [9.17, 15) is 9.59 Å². The summed E-state index contributed by atoms with van der Waals surface area (Å²) < 4.78 is 16.4. The molecule has 1 aliphatic rings. The van der Waals surface area contributed by atoms with Gasteiger partial charge < -0.3 is 24.4 Å². The number of halogens is 1. The van der Waals surface area contributed by atoms with Gasteiger partial charge in [0.1, 0.15) is 11.8 Å². The van der Waals surface area contributed by atoms with E-state index in [1.165, 1.54) is 4.90 Å². The number of anilines is 2. The number of nitrogens with zero attached hydrogens (tertiary/aromatic N) is 2. The maximum Gasteiger partial charge on any atom is 0.257 e. The fourth-order valence-corrected chi connectivity index (χ4v) is 4.92. The monoisotopic (exact) mass is 581 g/mol. The second-order valence-corrected chi connectivity index (χ2v) is 10.0. The number of carbonyl (C=O) groups excluding carboxylic acids is 2. The molecule has 0 aliphatic carbocycles. The van der Waals surface area contributed by atoms with Crippen LogP contribution in [-0.4, -0.2) is 55.2 Å². The van der Waals surface area contributed by atoms with Gasteiger partial charge in [-0.15, -0.1) is 0 Å². The van der Waals surface area contributed by atoms with Gasteiger partial charge in [-0.3, -0.25) is 9.59 Å². The molecule has 40 heavy (non-hydrogen) atoms. The average molecular weight is 582 g/mol. The molecule has 0 radical (unpaired) electrons. The first-order valence-electron chi connectivity index (χ1n) is 13.0. The molecule has 1 aliphatic heterocycles. The minimum absolute atomic E-state index is 0.00128. The van der Waals surface area contributed by atoms with Crippen molar-refractivity contribution < 1.29 is 23.8 Å². The standard InChI is InChI=1S/C30H32ClN3O5S/c1-4-17-39-24-12-10-23(11-13-24)34-28(35)19-25(29(34)36)33(30(40)32-22-8-6-21(31)7-9-22)16-15-20-5-14-26(37-2)27(18-20)38-3/h5-14,18,25H,4,15-17,19H2,1-3H3,(H,32,40). The highest BCUT2D eigenvalue weighted by atomic mass is 35.5. The number of hydrogen-bond acceptors (Lipinski definition) is 6. The molecular formula is C30H32ClN3O5S. The van der Waals surface area contributed by atoms with Crippen LogP contribution in [0.25, 0.3) is 0 Å². The fourth-order valence-electron chi connectivity index (χ4n) is 4.46. The van der Waals surface area contributed by atoms with Crippen molar-refractivity contribution in [1.82, 2.24) is 4.90 Å². The van der Waals surface area contributed by atoms with Gasteiger partial charge in [-0.05, 0) is 91.3 Å². The van der Waals surface area contributed by atoms with Crippen molar-refractivity contribution in [2.24, 2.45) is 0 Å². The van der Waals surface area contributed by atoms with Gasteiger partial charge >= 0.3 is 0 Å². The van der Waals surface area contributed by atoms with E-state index in [2.05, 4.69) is 5.32 Å². The topological polar surface area (TPSA) is 80.3 Å². The number of imide groups is 1. The summed E-state index contributed by atoms with van der Waals surface area (Å²) in [5, 5.41) is 4.13. The van der Waals surface area contributed by atoms with Crippen LogP contribution in [-0.2, 0) is 16.0 Å². The third-order valence-electron chi connectivity index (χ3n) is 6.51. The van der Waals surface area contributed by atoms with Gasteiger partial charge in [-0.1, -0.05) is 24.6 Å². The molecule has 1 atom stereocenters. The zero-order valence-corrected chi connectivity index (χ0v) is 24.3. The molecular weight excluding hydrogens is 550 g/mol. The molecule has 1 fully saturated rings. The highest BCUT2D eigenvalue weighted by molar-refractivity contribution is 7.80. The first-order valence-corrected chi connectivity index (χ1v) is 13.8. The van der Waals surface area contributed by atoms with Crippen molar-refractivity contribution in [2.45, 2.75) is 32.2 Å². The third-order valence-corrected chi connectivity index (χ3v) is 7.10. The Balaban J connectivity index is 1.57. The molecule has 0 spiro atoms. The molecule has 3 aromatic carbocycles. The Hall–Kier alpha value is -3.82. The Labute approximate surface area is 244 Å². The molecule has 8 nitrogen and oxygen atoms in total.